The molecule has 2 rings (SSSR count). The third kappa shape index (κ3) is 3.36. The van der Waals surface area contributed by atoms with Crippen molar-refractivity contribution in [3.8, 4) is 11.6 Å². The maximum absolute atomic E-state index is 10.9. The Balaban J connectivity index is 2.38. The van der Waals surface area contributed by atoms with Crippen molar-refractivity contribution in [2.75, 3.05) is 0 Å². The highest BCUT2D eigenvalue weighted by Gasteiger charge is 2.10. The molecule has 0 spiro atoms. The van der Waals surface area contributed by atoms with E-state index >= 15 is 0 Å². The molecule has 0 unspecified atom stereocenters. The number of carboxylic acid groups (broad SMARTS) is 1. The molecule has 0 bridgehead atoms. The summed E-state index contributed by atoms with van der Waals surface area (Å²) in [4.78, 5) is 14.8. The van der Waals surface area contributed by atoms with E-state index in [4.69, 9.17) is 33.0 Å². The van der Waals surface area contributed by atoms with Gasteiger partial charge >= 0.3 is 5.97 Å². The van der Waals surface area contributed by atoms with E-state index in [1.165, 1.54) is 12.1 Å². The molecule has 0 aliphatic heterocycles. The summed E-state index contributed by atoms with van der Waals surface area (Å²) in [6.45, 7) is 1.89. The molecule has 6 heteroatoms. The molecule has 0 fully saturated rings. The lowest BCUT2D eigenvalue weighted by atomic mass is 10.2. The minimum atomic E-state index is -1.11. The van der Waals surface area contributed by atoms with Gasteiger partial charge in [-0.25, -0.2) is 9.78 Å². The number of aryl methyl sites for hydroxylation is 1. The number of aromatic nitrogens is 1. The van der Waals surface area contributed by atoms with E-state index in [0.29, 0.717) is 10.8 Å². The van der Waals surface area contributed by atoms with Crippen molar-refractivity contribution in [2.24, 2.45) is 0 Å². The number of hydrogen-bond donors (Lipinski definition) is 1. The smallest absolute Gasteiger partial charge is 0.335 e. The van der Waals surface area contributed by atoms with Crippen LogP contribution in [0, 0.1) is 6.92 Å². The molecule has 1 heterocycles. The molecular weight excluding hydrogens is 289 g/mol. The van der Waals surface area contributed by atoms with E-state index in [-0.39, 0.29) is 16.6 Å². The number of halogens is 2. The Morgan fingerprint density at radius 1 is 1.26 bits per heavy atom. The lowest BCUT2D eigenvalue weighted by Gasteiger charge is -2.08. The highest BCUT2D eigenvalue weighted by Crippen LogP contribution is 2.30. The normalized spacial score (nSPS) is 10.3. The van der Waals surface area contributed by atoms with Crippen LogP contribution in [0.15, 0.2) is 30.3 Å². The number of pyridine rings is 1. The second kappa shape index (κ2) is 5.47. The van der Waals surface area contributed by atoms with Gasteiger partial charge < -0.3 is 9.84 Å². The largest absolute Gasteiger partial charge is 0.478 e. The van der Waals surface area contributed by atoms with Gasteiger partial charge in [-0.3, -0.25) is 0 Å². The van der Waals surface area contributed by atoms with Crippen molar-refractivity contribution < 1.29 is 14.6 Å². The van der Waals surface area contributed by atoms with E-state index in [0.717, 1.165) is 5.56 Å². The summed E-state index contributed by atoms with van der Waals surface area (Å²) in [5.41, 5.74) is 0.957. The molecule has 1 aromatic carbocycles. The van der Waals surface area contributed by atoms with Crippen LogP contribution < -0.4 is 4.74 Å². The lowest BCUT2D eigenvalue weighted by Crippen LogP contribution is -1.99. The van der Waals surface area contributed by atoms with E-state index in [1.807, 2.05) is 13.0 Å². The molecule has 0 aliphatic carbocycles. The van der Waals surface area contributed by atoms with E-state index in [9.17, 15) is 4.79 Å². The maximum atomic E-state index is 10.9. The van der Waals surface area contributed by atoms with Crippen molar-refractivity contribution >= 4 is 29.2 Å². The van der Waals surface area contributed by atoms with Gasteiger partial charge in [0.05, 0.1) is 10.6 Å². The van der Waals surface area contributed by atoms with Crippen LogP contribution >= 0.6 is 23.2 Å². The number of carbonyl (C=O) groups is 1. The summed E-state index contributed by atoms with van der Waals surface area (Å²) >= 11 is 11.7. The van der Waals surface area contributed by atoms with Gasteiger partial charge in [0.1, 0.15) is 10.9 Å². The molecule has 0 saturated heterocycles. The van der Waals surface area contributed by atoms with Crippen LogP contribution in [0.1, 0.15) is 15.9 Å². The number of ether oxygens (including phenoxy) is 1. The number of hydrogen-bond acceptors (Lipinski definition) is 3. The van der Waals surface area contributed by atoms with Crippen LogP contribution in [0.5, 0.6) is 11.6 Å². The lowest BCUT2D eigenvalue weighted by molar-refractivity contribution is 0.0696. The van der Waals surface area contributed by atoms with Crippen molar-refractivity contribution in [2.45, 2.75) is 6.92 Å². The van der Waals surface area contributed by atoms with E-state index < -0.39 is 5.97 Å². The Morgan fingerprint density at radius 2 is 2.00 bits per heavy atom. The minimum absolute atomic E-state index is 0.00113. The average molecular weight is 298 g/mol. The Bertz CT molecular complexity index is 644. The molecule has 1 aromatic heterocycles. The van der Waals surface area contributed by atoms with Crippen molar-refractivity contribution in [1.29, 1.82) is 0 Å². The third-order valence-electron chi connectivity index (χ3n) is 2.32. The van der Waals surface area contributed by atoms with Gasteiger partial charge in [0.25, 0.3) is 0 Å². The van der Waals surface area contributed by atoms with Gasteiger partial charge in [-0.05, 0) is 30.7 Å². The SMILES string of the molecule is Cc1ccc(Cl)c(Oc2cc(C(=O)O)cc(Cl)n2)c1. The first kappa shape index (κ1) is 13.6. The molecule has 0 atom stereocenters. The summed E-state index contributed by atoms with van der Waals surface area (Å²) in [6.07, 6.45) is 0. The first-order chi connectivity index (χ1) is 8.95. The fourth-order valence-corrected chi connectivity index (χ4v) is 1.81. The fraction of sp³-hybridized carbons (Fsp3) is 0.0769. The number of carboxylic acids is 1. The predicted molar refractivity (Wildman–Crippen MR) is 72.5 cm³/mol. The standard InChI is InChI=1S/C13H9Cl2NO3/c1-7-2-3-9(14)10(4-7)19-12-6-8(13(17)18)5-11(15)16-12/h2-6H,1H3,(H,17,18). The first-order valence-corrected chi connectivity index (χ1v) is 6.06. The van der Waals surface area contributed by atoms with Crippen molar-refractivity contribution in [1.82, 2.24) is 4.98 Å². The van der Waals surface area contributed by atoms with Gasteiger partial charge in [0, 0.05) is 6.07 Å². The Morgan fingerprint density at radius 3 is 2.68 bits per heavy atom. The van der Waals surface area contributed by atoms with Gasteiger partial charge in [-0.1, -0.05) is 29.3 Å². The van der Waals surface area contributed by atoms with E-state index in [2.05, 4.69) is 4.98 Å². The second-order valence-electron chi connectivity index (χ2n) is 3.86. The third-order valence-corrected chi connectivity index (χ3v) is 2.82. The summed E-state index contributed by atoms with van der Waals surface area (Å²) in [5.74, 6) is -0.630. The second-order valence-corrected chi connectivity index (χ2v) is 4.65. The highest BCUT2D eigenvalue weighted by atomic mass is 35.5. The predicted octanol–water partition coefficient (Wildman–Crippen LogP) is 4.19. The maximum Gasteiger partial charge on any atom is 0.335 e. The van der Waals surface area contributed by atoms with Crippen LogP contribution in [0.2, 0.25) is 10.2 Å². The van der Waals surface area contributed by atoms with Crippen molar-refractivity contribution in [3.63, 3.8) is 0 Å². The van der Waals surface area contributed by atoms with Crippen molar-refractivity contribution in [3.05, 3.63) is 51.6 Å². The fourth-order valence-electron chi connectivity index (χ4n) is 1.45. The quantitative estimate of drug-likeness (QED) is 0.863. The topological polar surface area (TPSA) is 59.4 Å². The van der Waals surface area contributed by atoms with Gasteiger partial charge in [-0.2, -0.15) is 0 Å². The number of benzene rings is 1. The van der Waals surface area contributed by atoms with Crippen LogP contribution in [0.3, 0.4) is 0 Å². The molecule has 0 amide bonds. The van der Waals surface area contributed by atoms with Gasteiger partial charge in [0.15, 0.2) is 0 Å². The number of aromatic carboxylic acids is 1. The Hall–Kier alpha value is -1.78. The molecular formula is C13H9Cl2NO3. The Labute approximate surface area is 119 Å². The molecule has 0 aliphatic rings. The molecule has 0 radical (unpaired) electrons. The molecule has 4 nitrogen and oxygen atoms in total. The molecule has 1 N–H and O–H groups in total. The zero-order chi connectivity index (χ0) is 14.0. The zero-order valence-corrected chi connectivity index (χ0v) is 11.4. The monoisotopic (exact) mass is 297 g/mol. The summed E-state index contributed by atoms with van der Waals surface area (Å²) in [6, 6.07) is 7.78. The molecule has 2 aromatic rings. The molecule has 0 saturated carbocycles. The van der Waals surface area contributed by atoms with Crippen LogP contribution in [-0.4, -0.2) is 16.1 Å². The van der Waals surface area contributed by atoms with Crippen LogP contribution in [0.4, 0.5) is 0 Å². The summed E-state index contributed by atoms with van der Waals surface area (Å²) in [7, 11) is 0. The number of rotatable bonds is 3. The minimum Gasteiger partial charge on any atom is -0.478 e. The average Bonchev–Trinajstić information content (AvgIpc) is 2.33. The van der Waals surface area contributed by atoms with E-state index in [1.54, 1.807) is 12.1 Å². The number of nitrogens with zero attached hydrogens (tertiary/aromatic N) is 1. The van der Waals surface area contributed by atoms with Gasteiger partial charge in [-0.15, -0.1) is 0 Å². The molecule has 19 heavy (non-hydrogen) atoms. The van der Waals surface area contributed by atoms with Gasteiger partial charge in [0.2, 0.25) is 5.88 Å². The zero-order valence-electron chi connectivity index (χ0n) is 9.85. The first-order valence-electron chi connectivity index (χ1n) is 5.30. The van der Waals surface area contributed by atoms with Crippen LogP contribution in [0.25, 0.3) is 0 Å². The molecule has 98 valence electrons. The highest BCUT2D eigenvalue weighted by molar-refractivity contribution is 6.32. The summed E-state index contributed by atoms with van der Waals surface area (Å²) in [5, 5.41) is 9.38. The van der Waals surface area contributed by atoms with Crippen LogP contribution in [-0.2, 0) is 0 Å². The Kier molecular flexibility index (Phi) is 3.93. The summed E-state index contributed by atoms with van der Waals surface area (Å²) < 4.78 is 5.47.